The van der Waals surface area contributed by atoms with E-state index in [1.165, 1.54) is 0 Å². The van der Waals surface area contributed by atoms with E-state index in [-0.39, 0.29) is 17.6 Å². The van der Waals surface area contributed by atoms with E-state index in [4.69, 9.17) is 27.9 Å². The highest BCUT2D eigenvalue weighted by atomic mass is 35.5. The molecule has 1 fully saturated rings. The van der Waals surface area contributed by atoms with Crippen molar-refractivity contribution >= 4 is 46.1 Å². The van der Waals surface area contributed by atoms with Crippen molar-refractivity contribution in [3.63, 3.8) is 0 Å². The molecule has 1 N–H and O–H groups in total. The Morgan fingerprint density at radius 1 is 1.26 bits per heavy atom. The number of nitrogens with one attached hydrogen (secondary N) is 1. The van der Waals surface area contributed by atoms with Crippen molar-refractivity contribution in [3.8, 4) is 6.07 Å². The van der Waals surface area contributed by atoms with Crippen molar-refractivity contribution in [3.05, 3.63) is 75.4 Å². The van der Waals surface area contributed by atoms with Gasteiger partial charge in [-0.15, -0.1) is 0 Å². The van der Waals surface area contributed by atoms with Crippen molar-refractivity contribution in [2.45, 2.75) is 25.5 Å². The van der Waals surface area contributed by atoms with Crippen molar-refractivity contribution in [2.24, 2.45) is 0 Å². The van der Waals surface area contributed by atoms with Crippen LogP contribution in [-0.4, -0.2) is 29.7 Å². The molecule has 158 valence electrons. The molecule has 5 nitrogen and oxygen atoms in total. The van der Waals surface area contributed by atoms with Crippen LogP contribution < -0.4 is 5.32 Å². The molecular weight excluding hydrogens is 433 g/mol. The van der Waals surface area contributed by atoms with Crippen LogP contribution in [0.1, 0.15) is 24.0 Å². The standard InChI is InChI=1S/C24H21Cl2N3O2/c25-21-8-7-16(10-22(21)26)14-29-15-18(20-5-1-2-6-23(20)29)11-17(12-27)24(30)28-13-19-4-3-9-31-19/h1-2,5-8,10-11,15,19H,3-4,9,13-14H2,(H,28,30)/b17-11+. The summed E-state index contributed by atoms with van der Waals surface area (Å²) in [6, 6.07) is 15.5. The van der Waals surface area contributed by atoms with Gasteiger partial charge in [0.1, 0.15) is 11.6 Å². The van der Waals surface area contributed by atoms with Crippen molar-refractivity contribution < 1.29 is 9.53 Å². The van der Waals surface area contributed by atoms with Gasteiger partial charge in [-0.3, -0.25) is 4.79 Å². The van der Waals surface area contributed by atoms with E-state index in [1.54, 1.807) is 12.1 Å². The smallest absolute Gasteiger partial charge is 0.262 e. The highest BCUT2D eigenvalue weighted by Crippen LogP contribution is 2.27. The van der Waals surface area contributed by atoms with Crippen LogP contribution in [0.25, 0.3) is 17.0 Å². The van der Waals surface area contributed by atoms with Crippen LogP contribution >= 0.6 is 23.2 Å². The third-order valence-electron chi connectivity index (χ3n) is 5.34. The summed E-state index contributed by atoms with van der Waals surface area (Å²) in [6.07, 6.45) is 5.53. The van der Waals surface area contributed by atoms with Crippen molar-refractivity contribution in [2.75, 3.05) is 13.2 Å². The largest absolute Gasteiger partial charge is 0.376 e. The lowest BCUT2D eigenvalue weighted by Gasteiger charge is -2.10. The lowest BCUT2D eigenvalue weighted by Crippen LogP contribution is -2.32. The van der Waals surface area contributed by atoms with Crippen molar-refractivity contribution in [1.82, 2.24) is 9.88 Å². The number of fused-ring (bicyclic) bond motifs is 1. The molecule has 31 heavy (non-hydrogen) atoms. The number of halogens is 2. The van der Waals surface area contributed by atoms with Gasteiger partial charge in [0, 0.05) is 42.4 Å². The molecule has 1 aliphatic rings. The first-order valence-corrected chi connectivity index (χ1v) is 10.8. The van der Waals surface area contributed by atoms with E-state index in [0.717, 1.165) is 41.5 Å². The molecule has 0 saturated carbocycles. The fourth-order valence-electron chi connectivity index (χ4n) is 3.77. The van der Waals surface area contributed by atoms with Gasteiger partial charge in [-0.05, 0) is 42.7 Å². The van der Waals surface area contributed by atoms with Gasteiger partial charge in [-0.25, -0.2) is 0 Å². The minimum Gasteiger partial charge on any atom is -0.376 e. The lowest BCUT2D eigenvalue weighted by atomic mass is 10.1. The van der Waals surface area contributed by atoms with E-state index >= 15 is 0 Å². The summed E-state index contributed by atoms with van der Waals surface area (Å²) in [4.78, 5) is 12.5. The number of hydrogen-bond donors (Lipinski definition) is 1. The number of ether oxygens (including phenoxy) is 1. The Morgan fingerprint density at radius 2 is 2.10 bits per heavy atom. The van der Waals surface area contributed by atoms with Gasteiger partial charge in [0.2, 0.25) is 0 Å². The number of nitrogens with zero attached hydrogens (tertiary/aromatic N) is 2. The van der Waals surface area contributed by atoms with E-state index in [2.05, 4.69) is 9.88 Å². The summed E-state index contributed by atoms with van der Waals surface area (Å²) in [6.45, 7) is 1.72. The molecule has 0 radical (unpaired) electrons. The predicted molar refractivity (Wildman–Crippen MR) is 123 cm³/mol. The average Bonchev–Trinajstić information content (AvgIpc) is 3.41. The number of hydrogen-bond acceptors (Lipinski definition) is 3. The molecule has 0 aliphatic carbocycles. The van der Waals surface area contributed by atoms with Gasteiger partial charge in [0.25, 0.3) is 5.91 Å². The highest BCUT2D eigenvalue weighted by molar-refractivity contribution is 6.42. The summed E-state index contributed by atoms with van der Waals surface area (Å²) < 4.78 is 7.60. The number of amides is 1. The molecule has 0 bridgehead atoms. The summed E-state index contributed by atoms with van der Waals surface area (Å²) >= 11 is 12.2. The third-order valence-corrected chi connectivity index (χ3v) is 6.07. The maximum Gasteiger partial charge on any atom is 0.262 e. The van der Waals surface area contributed by atoms with Crippen LogP contribution in [-0.2, 0) is 16.1 Å². The molecule has 2 heterocycles. The normalized spacial score (nSPS) is 16.4. The van der Waals surface area contributed by atoms with Gasteiger partial charge >= 0.3 is 0 Å². The second kappa shape index (κ2) is 9.57. The Balaban J connectivity index is 1.61. The third kappa shape index (κ3) is 4.94. The Kier molecular flexibility index (Phi) is 6.62. The minimum absolute atomic E-state index is 0.0250. The molecule has 1 amide bonds. The predicted octanol–water partition coefficient (Wildman–Crippen LogP) is 5.20. The molecule has 1 saturated heterocycles. The average molecular weight is 454 g/mol. The summed E-state index contributed by atoms with van der Waals surface area (Å²) in [7, 11) is 0. The van der Waals surface area contributed by atoms with Crippen LogP contribution in [0.4, 0.5) is 0 Å². The van der Waals surface area contributed by atoms with Crippen LogP contribution in [0.15, 0.2) is 54.2 Å². The van der Waals surface area contributed by atoms with Crippen LogP contribution in [0.5, 0.6) is 0 Å². The number of benzene rings is 2. The maximum absolute atomic E-state index is 12.5. The molecule has 0 spiro atoms. The number of aromatic nitrogens is 1. The van der Waals surface area contributed by atoms with Crippen LogP contribution in [0.3, 0.4) is 0 Å². The van der Waals surface area contributed by atoms with Gasteiger partial charge in [-0.1, -0.05) is 47.5 Å². The van der Waals surface area contributed by atoms with Gasteiger partial charge in [-0.2, -0.15) is 5.26 Å². The Morgan fingerprint density at radius 3 is 2.84 bits per heavy atom. The topological polar surface area (TPSA) is 67.0 Å². The zero-order chi connectivity index (χ0) is 21.8. The maximum atomic E-state index is 12.5. The first-order valence-electron chi connectivity index (χ1n) is 10.1. The summed E-state index contributed by atoms with van der Waals surface area (Å²) in [5, 5.41) is 14.4. The fourth-order valence-corrected chi connectivity index (χ4v) is 4.09. The number of nitriles is 1. The molecule has 7 heteroatoms. The Labute approximate surface area is 190 Å². The van der Waals surface area contributed by atoms with E-state index < -0.39 is 0 Å². The molecule has 2 aromatic carbocycles. The second-order valence-electron chi connectivity index (χ2n) is 7.49. The molecule has 1 unspecified atom stereocenters. The number of carbonyl (C=O) groups excluding carboxylic acids is 1. The molecule has 1 aromatic heterocycles. The number of carbonyl (C=O) groups is 1. The Bertz CT molecular complexity index is 1190. The van der Waals surface area contributed by atoms with Gasteiger partial charge in [0.05, 0.1) is 16.1 Å². The SMILES string of the molecule is N#C/C(=C\c1cn(Cc2ccc(Cl)c(Cl)c2)c2ccccc12)C(=O)NCC1CCCO1. The summed E-state index contributed by atoms with van der Waals surface area (Å²) in [5.74, 6) is -0.390. The Hall–Kier alpha value is -2.78. The zero-order valence-electron chi connectivity index (χ0n) is 16.8. The molecule has 4 rings (SSSR count). The number of para-hydroxylation sites is 1. The van der Waals surface area contributed by atoms with E-state index in [0.29, 0.717) is 23.1 Å². The minimum atomic E-state index is -0.390. The molecule has 1 aliphatic heterocycles. The first-order chi connectivity index (χ1) is 15.0. The van der Waals surface area contributed by atoms with Crippen molar-refractivity contribution in [1.29, 1.82) is 5.26 Å². The zero-order valence-corrected chi connectivity index (χ0v) is 18.3. The first kappa shape index (κ1) is 21.5. The van der Waals surface area contributed by atoms with Gasteiger partial charge < -0.3 is 14.6 Å². The second-order valence-corrected chi connectivity index (χ2v) is 8.31. The van der Waals surface area contributed by atoms with E-state index in [9.17, 15) is 10.1 Å². The molecule has 3 aromatic rings. The summed E-state index contributed by atoms with van der Waals surface area (Å²) in [5.41, 5.74) is 2.87. The number of rotatable bonds is 6. The molecular formula is C24H21Cl2N3O2. The monoisotopic (exact) mass is 453 g/mol. The molecule has 1 atom stereocenters. The fraction of sp³-hybridized carbons (Fsp3) is 0.250. The quantitative estimate of drug-likeness (QED) is 0.411. The lowest BCUT2D eigenvalue weighted by molar-refractivity contribution is -0.117. The van der Waals surface area contributed by atoms with Gasteiger partial charge in [0.15, 0.2) is 0 Å². The van der Waals surface area contributed by atoms with E-state index in [1.807, 2.05) is 48.7 Å². The van der Waals surface area contributed by atoms with Crippen LogP contribution in [0.2, 0.25) is 10.0 Å². The van der Waals surface area contributed by atoms with Crippen LogP contribution in [0, 0.1) is 11.3 Å². The highest BCUT2D eigenvalue weighted by Gasteiger charge is 2.18.